The number of aryl methyl sites for hydroxylation is 1. The number of aromatic nitrogens is 1. The van der Waals surface area contributed by atoms with Crippen LogP contribution in [0.2, 0.25) is 0 Å². The topological polar surface area (TPSA) is 71.1 Å². The minimum atomic E-state index is -0.270. The van der Waals surface area contributed by atoms with Crippen LogP contribution in [0.15, 0.2) is 64.3 Å². The molecule has 138 valence electrons. The number of thiazole rings is 1. The second kappa shape index (κ2) is 9.34. The van der Waals surface area contributed by atoms with Gasteiger partial charge in [0, 0.05) is 28.1 Å². The van der Waals surface area contributed by atoms with Crippen LogP contribution < -0.4 is 10.6 Å². The summed E-state index contributed by atoms with van der Waals surface area (Å²) in [5.74, 6) is 0.267. The number of hydrogen-bond acceptors (Lipinski definition) is 5. The molecule has 0 saturated carbocycles. The van der Waals surface area contributed by atoms with Crippen LogP contribution in [0.1, 0.15) is 21.6 Å². The molecule has 0 bridgehead atoms. The first-order valence-corrected chi connectivity index (χ1v) is 10.2. The Hall–Kier alpha value is -2.64. The van der Waals surface area contributed by atoms with E-state index >= 15 is 0 Å². The number of hydrogen-bond donors (Lipinski definition) is 2. The van der Waals surface area contributed by atoms with E-state index < -0.39 is 0 Å². The number of thioether (sulfide) groups is 1. The van der Waals surface area contributed by atoms with E-state index in [1.54, 1.807) is 47.4 Å². The van der Waals surface area contributed by atoms with Crippen LogP contribution in [0, 0.1) is 6.92 Å². The molecular weight excluding hydrogens is 378 g/mol. The fourth-order valence-electron chi connectivity index (χ4n) is 2.29. The first-order chi connectivity index (χ1) is 13.1. The van der Waals surface area contributed by atoms with Gasteiger partial charge in [-0.15, -0.1) is 11.3 Å². The summed E-state index contributed by atoms with van der Waals surface area (Å²) in [6.07, 6.45) is 0. The summed E-state index contributed by atoms with van der Waals surface area (Å²) < 4.78 is 1.04. The molecule has 0 fully saturated rings. The minimum absolute atomic E-state index is 0.0747. The van der Waals surface area contributed by atoms with E-state index in [0.29, 0.717) is 11.3 Å². The Balaban J connectivity index is 1.46. The van der Waals surface area contributed by atoms with Crippen molar-refractivity contribution in [1.82, 2.24) is 10.3 Å². The molecule has 0 saturated heterocycles. The number of amides is 2. The third-order valence-corrected chi connectivity index (χ3v) is 5.85. The number of rotatable bonds is 7. The number of nitrogens with zero attached hydrogens (tertiary/aromatic N) is 1. The van der Waals surface area contributed by atoms with Crippen molar-refractivity contribution in [3.63, 3.8) is 0 Å². The van der Waals surface area contributed by atoms with Crippen LogP contribution in [-0.4, -0.2) is 23.3 Å². The molecular formula is C20H19N3O2S2. The molecule has 0 aliphatic rings. The molecule has 3 rings (SSSR count). The lowest BCUT2D eigenvalue weighted by Crippen LogP contribution is -2.32. The van der Waals surface area contributed by atoms with E-state index in [1.165, 1.54) is 0 Å². The number of carbonyl (C=O) groups is 2. The predicted octanol–water partition coefficient (Wildman–Crippen LogP) is 4.11. The Morgan fingerprint density at radius 2 is 1.81 bits per heavy atom. The van der Waals surface area contributed by atoms with Crippen molar-refractivity contribution in [2.75, 3.05) is 11.9 Å². The van der Waals surface area contributed by atoms with Gasteiger partial charge in [-0.1, -0.05) is 42.1 Å². The average molecular weight is 398 g/mol. The van der Waals surface area contributed by atoms with Gasteiger partial charge < -0.3 is 10.6 Å². The van der Waals surface area contributed by atoms with Crippen molar-refractivity contribution in [3.05, 3.63) is 76.8 Å². The van der Waals surface area contributed by atoms with Crippen molar-refractivity contribution in [2.45, 2.75) is 17.0 Å². The fourth-order valence-corrected chi connectivity index (χ4v) is 4.09. The zero-order chi connectivity index (χ0) is 19.1. The summed E-state index contributed by atoms with van der Waals surface area (Å²) in [6, 6.07) is 16.5. The molecule has 0 aliphatic heterocycles. The van der Waals surface area contributed by atoms with Gasteiger partial charge in [-0.05, 0) is 36.8 Å². The quantitative estimate of drug-likeness (QED) is 0.589. The van der Waals surface area contributed by atoms with Crippen LogP contribution in [0.5, 0.6) is 0 Å². The smallest absolute Gasteiger partial charge is 0.251 e. The Labute approximate surface area is 166 Å². The van der Waals surface area contributed by atoms with Crippen molar-refractivity contribution >= 4 is 40.6 Å². The molecule has 0 aliphatic carbocycles. The minimum Gasteiger partial charge on any atom is -0.343 e. The summed E-state index contributed by atoms with van der Waals surface area (Å²) in [4.78, 5) is 28.5. The molecule has 2 N–H and O–H groups in total. The summed E-state index contributed by atoms with van der Waals surface area (Å²) in [6.45, 7) is 1.91. The van der Waals surface area contributed by atoms with Crippen LogP contribution in [0.3, 0.4) is 0 Å². The van der Waals surface area contributed by atoms with Gasteiger partial charge in [-0.2, -0.15) is 0 Å². The highest BCUT2D eigenvalue weighted by Crippen LogP contribution is 2.26. The molecule has 1 heterocycles. The molecule has 2 amide bonds. The summed E-state index contributed by atoms with van der Waals surface area (Å²) in [5.41, 5.74) is 3.38. The largest absolute Gasteiger partial charge is 0.343 e. The average Bonchev–Trinajstić information content (AvgIpc) is 3.11. The summed E-state index contributed by atoms with van der Waals surface area (Å²) in [5, 5.41) is 7.40. The van der Waals surface area contributed by atoms with Gasteiger partial charge >= 0.3 is 0 Å². The van der Waals surface area contributed by atoms with E-state index in [2.05, 4.69) is 15.6 Å². The highest BCUT2D eigenvalue weighted by Gasteiger charge is 2.09. The molecule has 0 unspecified atom stereocenters. The van der Waals surface area contributed by atoms with Crippen LogP contribution >= 0.6 is 23.1 Å². The van der Waals surface area contributed by atoms with Crippen LogP contribution in [0.25, 0.3) is 0 Å². The van der Waals surface area contributed by atoms with E-state index in [1.807, 2.05) is 42.6 Å². The zero-order valence-electron chi connectivity index (χ0n) is 14.8. The number of carbonyl (C=O) groups excluding carboxylic acids is 2. The Bertz CT molecular complexity index is 908. The van der Waals surface area contributed by atoms with Gasteiger partial charge in [-0.3, -0.25) is 9.59 Å². The number of benzene rings is 2. The standard InChI is InChI=1S/C20H19N3O2S2/c1-14-12-26-20(22-14)27-13-15-7-9-16(10-8-15)19(25)21-11-18(24)23-17-5-3-2-4-6-17/h2-10,12H,11,13H2,1H3,(H,21,25)(H,23,24). The maximum atomic E-state index is 12.2. The lowest BCUT2D eigenvalue weighted by atomic mass is 10.1. The van der Waals surface area contributed by atoms with E-state index in [9.17, 15) is 9.59 Å². The van der Waals surface area contributed by atoms with E-state index in [0.717, 1.165) is 21.3 Å². The molecule has 0 radical (unpaired) electrons. The maximum absolute atomic E-state index is 12.2. The van der Waals surface area contributed by atoms with E-state index in [-0.39, 0.29) is 18.4 Å². The second-order valence-corrected chi connectivity index (χ2v) is 7.92. The highest BCUT2D eigenvalue weighted by atomic mass is 32.2. The second-order valence-electron chi connectivity index (χ2n) is 5.84. The highest BCUT2D eigenvalue weighted by molar-refractivity contribution is 8.00. The summed E-state index contributed by atoms with van der Waals surface area (Å²) in [7, 11) is 0. The van der Waals surface area contributed by atoms with Gasteiger partial charge in [0.05, 0.1) is 6.54 Å². The lowest BCUT2D eigenvalue weighted by molar-refractivity contribution is -0.115. The van der Waals surface area contributed by atoms with Crippen molar-refractivity contribution < 1.29 is 9.59 Å². The first kappa shape index (κ1) is 19.1. The number of nitrogens with one attached hydrogen (secondary N) is 2. The molecule has 5 nitrogen and oxygen atoms in total. The monoisotopic (exact) mass is 397 g/mol. The summed E-state index contributed by atoms with van der Waals surface area (Å²) >= 11 is 3.31. The molecule has 27 heavy (non-hydrogen) atoms. The van der Waals surface area contributed by atoms with Crippen molar-refractivity contribution in [3.8, 4) is 0 Å². The van der Waals surface area contributed by atoms with Crippen molar-refractivity contribution in [2.24, 2.45) is 0 Å². The molecule has 2 aromatic carbocycles. The maximum Gasteiger partial charge on any atom is 0.251 e. The van der Waals surface area contributed by atoms with Crippen LogP contribution in [0.4, 0.5) is 5.69 Å². The van der Waals surface area contributed by atoms with Crippen molar-refractivity contribution in [1.29, 1.82) is 0 Å². The van der Waals surface area contributed by atoms with E-state index in [4.69, 9.17) is 0 Å². The van der Waals surface area contributed by atoms with Gasteiger partial charge in [0.15, 0.2) is 0 Å². The van der Waals surface area contributed by atoms with Crippen LogP contribution in [-0.2, 0) is 10.5 Å². The molecule has 0 atom stereocenters. The third-order valence-electron chi connectivity index (χ3n) is 3.64. The number of para-hydroxylation sites is 1. The Kier molecular flexibility index (Phi) is 6.62. The molecule has 7 heteroatoms. The molecule has 0 spiro atoms. The third kappa shape index (κ3) is 5.94. The van der Waals surface area contributed by atoms with Gasteiger partial charge in [0.1, 0.15) is 4.34 Å². The predicted molar refractivity (Wildman–Crippen MR) is 110 cm³/mol. The Morgan fingerprint density at radius 1 is 1.07 bits per heavy atom. The zero-order valence-corrected chi connectivity index (χ0v) is 16.4. The van der Waals surface area contributed by atoms with Gasteiger partial charge in [0.25, 0.3) is 5.91 Å². The van der Waals surface area contributed by atoms with Gasteiger partial charge in [0.2, 0.25) is 5.91 Å². The fraction of sp³-hybridized carbons (Fsp3) is 0.150. The SMILES string of the molecule is Cc1csc(SCc2ccc(C(=O)NCC(=O)Nc3ccccc3)cc2)n1. The van der Waals surface area contributed by atoms with Gasteiger partial charge in [-0.25, -0.2) is 4.98 Å². The molecule has 1 aromatic heterocycles. The Morgan fingerprint density at radius 3 is 2.48 bits per heavy atom. The normalized spacial score (nSPS) is 10.4. The lowest BCUT2D eigenvalue weighted by Gasteiger charge is -2.07. The number of anilines is 1. The first-order valence-electron chi connectivity index (χ1n) is 8.37. The molecule has 3 aromatic rings.